The molecule has 0 spiro atoms. The quantitative estimate of drug-likeness (QED) is 0.688. The molecule has 24 heavy (non-hydrogen) atoms. The molecule has 1 unspecified atom stereocenters. The highest BCUT2D eigenvalue weighted by Gasteiger charge is 2.35. The van der Waals surface area contributed by atoms with Gasteiger partial charge in [-0.25, -0.2) is 9.78 Å². The number of aromatic amines is 1. The van der Waals surface area contributed by atoms with Gasteiger partial charge in [-0.05, 0) is 18.1 Å². The van der Waals surface area contributed by atoms with Crippen LogP contribution in [-0.4, -0.2) is 32.4 Å². The first-order valence-electron chi connectivity index (χ1n) is 7.72. The predicted octanol–water partition coefficient (Wildman–Crippen LogP) is 3.07. The molecule has 3 rings (SSSR count). The number of benzene rings is 1. The van der Waals surface area contributed by atoms with E-state index in [2.05, 4.69) is 9.97 Å². The maximum absolute atomic E-state index is 12.6. The second kappa shape index (κ2) is 6.31. The maximum Gasteiger partial charge on any atom is 0.415 e. The number of carbonyl (C=O) groups is 1. The Morgan fingerprint density at radius 2 is 2.12 bits per heavy atom. The molecular formula is C16H18N4O4. The Balaban J connectivity index is 1.78. The monoisotopic (exact) mass is 330 g/mol. The van der Waals surface area contributed by atoms with Gasteiger partial charge in [0.15, 0.2) is 0 Å². The van der Waals surface area contributed by atoms with Crippen molar-refractivity contribution < 1.29 is 14.5 Å². The van der Waals surface area contributed by atoms with Gasteiger partial charge in [-0.3, -0.25) is 15.0 Å². The molecule has 1 aliphatic heterocycles. The number of hydrogen-bond donors (Lipinski definition) is 1. The molecular weight excluding hydrogens is 312 g/mol. The average molecular weight is 330 g/mol. The molecule has 0 saturated heterocycles. The molecule has 0 aliphatic carbocycles. The van der Waals surface area contributed by atoms with Crippen molar-refractivity contribution in [2.45, 2.75) is 26.3 Å². The highest BCUT2D eigenvalue weighted by atomic mass is 16.6. The lowest BCUT2D eigenvalue weighted by molar-refractivity contribution is -0.384. The van der Waals surface area contributed by atoms with Crippen LogP contribution in [0.2, 0.25) is 0 Å². The molecule has 2 heterocycles. The number of rotatable bonds is 3. The fraction of sp³-hybridized carbons (Fsp3) is 0.375. The number of amides is 1. The molecule has 126 valence electrons. The Morgan fingerprint density at radius 3 is 2.75 bits per heavy atom. The summed E-state index contributed by atoms with van der Waals surface area (Å²) in [4.78, 5) is 31.8. The van der Waals surface area contributed by atoms with Crippen LogP contribution in [0.25, 0.3) is 0 Å². The first-order chi connectivity index (χ1) is 11.5. The number of nitro groups is 1. The van der Waals surface area contributed by atoms with Gasteiger partial charge in [0.1, 0.15) is 5.75 Å². The minimum absolute atomic E-state index is 0.0464. The Morgan fingerprint density at radius 1 is 1.42 bits per heavy atom. The number of non-ortho nitro benzene ring substituents is 1. The number of carbonyl (C=O) groups excluding carboxylic acids is 1. The van der Waals surface area contributed by atoms with Crippen LogP contribution in [0.5, 0.6) is 5.75 Å². The van der Waals surface area contributed by atoms with Gasteiger partial charge in [-0.2, -0.15) is 0 Å². The summed E-state index contributed by atoms with van der Waals surface area (Å²) < 4.78 is 5.39. The molecule has 0 fully saturated rings. The second-order valence-electron chi connectivity index (χ2n) is 6.01. The van der Waals surface area contributed by atoms with E-state index in [0.29, 0.717) is 13.0 Å². The largest absolute Gasteiger partial charge is 0.415 e. The normalized spacial score (nSPS) is 16.8. The van der Waals surface area contributed by atoms with Crippen molar-refractivity contribution in [3.05, 3.63) is 52.1 Å². The number of nitrogens with zero attached hydrogens (tertiary/aromatic N) is 3. The number of H-pyrrole nitrogens is 1. The number of hydrogen-bond acceptors (Lipinski definition) is 5. The Bertz CT molecular complexity index is 754. The van der Waals surface area contributed by atoms with Gasteiger partial charge < -0.3 is 9.72 Å². The van der Waals surface area contributed by atoms with Crippen LogP contribution < -0.4 is 4.74 Å². The summed E-state index contributed by atoms with van der Waals surface area (Å²) in [7, 11) is 0. The van der Waals surface area contributed by atoms with Gasteiger partial charge in [-0.15, -0.1) is 0 Å². The molecule has 1 N–H and O–H groups in total. The van der Waals surface area contributed by atoms with E-state index in [0.717, 1.165) is 11.4 Å². The smallest absolute Gasteiger partial charge is 0.410 e. The van der Waals surface area contributed by atoms with Gasteiger partial charge in [0.2, 0.25) is 0 Å². The van der Waals surface area contributed by atoms with E-state index in [4.69, 9.17) is 4.74 Å². The molecule has 1 amide bonds. The molecule has 1 aromatic carbocycles. The fourth-order valence-electron chi connectivity index (χ4n) is 3.00. The number of imidazole rings is 1. The number of nitrogens with one attached hydrogen (secondary N) is 1. The molecule has 1 aromatic heterocycles. The lowest BCUT2D eigenvalue weighted by Crippen LogP contribution is -2.43. The van der Waals surface area contributed by atoms with E-state index in [9.17, 15) is 14.9 Å². The van der Waals surface area contributed by atoms with E-state index in [1.807, 2.05) is 13.8 Å². The lowest BCUT2D eigenvalue weighted by Gasteiger charge is -2.36. The SMILES string of the molecule is CC(C)C1c2[nH]cnc2CCN1C(=O)Oc1ccc([N+](=O)[O-])cc1. The number of ether oxygens (including phenoxy) is 1. The van der Waals surface area contributed by atoms with Crippen LogP contribution in [-0.2, 0) is 6.42 Å². The second-order valence-corrected chi connectivity index (χ2v) is 6.01. The van der Waals surface area contributed by atoms with Crippen molar-refractivity contribution >= 4 is 11.8 Å². The molecule has 0 radical (unpaired) electrons. The van der Waals surface area contributed by atoms with Crippen LogP contribution in [0.3, 0.4) is 0 Å². The molecule has 0 saturated carbocycles. The van der Waals surface area contributed by atoms with Crippen LogP contribution in [0.4, 0.5) is 10.5 Å². The van der Waals surface area contributed by atoms with Gasteiger partial charge in [-0.1, -0.05) is 13.8 Å². The summed E-state index contributed by atoms with van der Waals surface area (Å²) in [5.41, 5.74) is 1.87. The number of aromatic nitrogens is 2. The third-order valence-electron chi connectivity index (χ3n) is 4.09. The zero-order valence-electron chi connectivity index (χ0n) is 13.4. The third-order valence-corrected chi connectivity index (χ3v) is 4.09. The predicted molar refractivity (Wildman–Crippen MR) is 85.7 cm³/mol. The van der Waals surface area contributed by atoms with Crippen molar-refractivity contribution in [2.24, 2.45) is 5.92 Å². The third kappa shape index (κ3) is 2.94. The van der Waals surface area contributed by atoms with Crippen molar-refractivity contribution in [3.63, 3.8) is 0 Å². The minimum Gasteiger partial charge on any atom is -0.410 e. The molecule has 0 bridgehead atoms. The summed E-state index contributed by atoms with van der Waals surface area (Å²) in [6, 6.07) is 5.33. The van der Waals surface area contributed by atoms with Crippen LogP contribution >= 0.6 is 0 Å². The van der Waals surface area contributed by atoms with E-state index >= 15 is 0 Å². The molecule has 1 atom stereocenters. The molecule has 8 heteroatoms. The summed E-state index contributed by atoms with van der Waals surface area (Å²) in [5.74, 6) is 0.470. The number of fused-ring (bicyclic) bond motifs is 1. The first kappa shape index (κ1) is 16.0. The molecule has 2 aromatic rings. The fourth-order valence-corrected chi connectivity index (χ4v) is 3.00. The summed E-state index contributed by atoms with van der Waals surface area (Å²) in [5, 5.41) is 10.7. The lowest BCUT2D eigenvalue weighted by atomic mass is 9.94. The topological polar surface area (TPSA) is 101 Å². The zero-order valence-corrected chi connectivity index (χ0v) is 13.4. The Hall–Kier alpha value is -2.90. The van der Waals surface area contributed by atoms with E-state index in [-0.39, 0.29) is 23.4 Å². The average Bonchev–Trinajstić information content (AvgIpc) is 3.02. The van der Waals surface area contributed by atoms with Crippen LogP contribution in [0, 0.1) is 16.0 Å². The maximum atomic E-state index is 12.6. The zero-order chi connectivity index (χ0) is 17.3. The van der Waals surface area contributed by atoms with Crippen LogP contribution in [0.15, 0.2) is 30.6 Å². The summed E-state index contributed by atoms with van der Waals surface area (Å²) >= 11 is 0. The Labute approximate surface area is 138 Å². The number of nitro benzene ring substituents is 1. The summed E-state index contributed by atoms with van der Waals surface area (Å²) in [6.45, 7) is 4.59. The minimum atomic E-state index is -0.495. The van der Waals surface area contributed by atoms with Crippen molar-refractivity contribution in [1.29, 1.82) is 0 Å². The molecule has 1 aliphatic rings. The van der Waals surface area contributed by atoms with E-state index < -0.39 is 11.0 Å². The summed E-state index contributed by atoms with van der Waals surface area (Å²) in [6.07, 6.45) is 1.84. The highest BCUT2D eigenvalue weighted by Crippen LogP contribution is 2.34. The van der Waals surface area contributed by atoms with Crippen molar-refractivity contribution in [1.82, 2.24) is 14.9 Å². The van der Waals surface area contributed by atoms with Gasteiger partial charge in [0.25, 0.3) is 5.69 Å². The van der Waals surface area contributed by atoms with Crippen molar-refractivity contribution in [3.8, 4) is 5.75 Å². The first-order valence-corrected chi connectivity index (χ1v) is 7.72. The Kier molecular flexibility index (Phi) is 4.20. The van der Waals surface area contributed by atoms with Gasteiger partial charge in [0.05, 0.1) is 28.7 Å². The van der Waals surface area contributed by atoms with E-state index in [1.54, 1.807) is 11.2 Å². The van der Waals surface area contributed by atoms with Crippen molar-refractivity contribution in [2.75, 3.05) is 6.54 Å². The molecule has 8 nitrogen and oxygen atoms in total. The van der Waals surface area contributed by atoms with Gasteiger partial charge >= 0.3 is 6.09 Å². The highest BCUT2D eigenvalue weighted by molar-refractivity contribution is 5.72. The standard InChI is InChI=1S/C16H18N4O4/c1-10(2)15-14-13(17-9-18-14)7-8-19(15)16(21)24-12-5-3-11(4-6-12)20(22)23/h3-6,9-10,15H,7-8H2,1-2H3,(H,17,18). The van der Waals surface area contributed by atoms with Gasteiger partial charge in [0, 0.05) is 25.1 Å². The van der Waals surface area contributed by atoms with Crippen LogP contribution in [0.1, 0.15) is 31.3 Å². The van der Waals surface area contributed by atoms with E-state index in [1.165, 1.54) is 24.3 Å².